The van der Waals surface area contributed by atoms with Gasteiger partial charge in [0.15, 0.2) is 0 Å². The molecule has 0 aromatic heterocycles. The van der Waals surface area contributed by atoms with E-state index in [1.807, 2.05) is 26.0 Å². The number of nitrogens with zero attached hydrogens (tertiary/aromatic N) is 3. The van der Waals surface area contributed by atoms with Crippen molar-refractivity contribution in [2.24, 2.45) is 5.92 Å². The molecule has 0 saturated carbocycles. The molecule has 0 spiro atoms. The lowest BCUT2D eigenvalue weighted by molar-refractivity contribution is -0.384. The van der Waals surface area contributed by atoms with E-state index in [0.29, 0.717) is 11.3 Å². The first-order valence-electron chi connectivity index (χ1n) is 13.7. The Morgan fingerprint density at radius 2 is 1.56 bits per heavy atom. The molecule has 222 valence electrons. The number of carbonyl (C=O) groups is 4. The molecular formula is C32H32N4O7. The maximum Gasteiger partial charge on any atom is 0.334 e. The van der Waals surface area contributed by atoms with Gasteiger partial charge in [-0.3, -0.25) is 29.4 Å². The molecule has 4 rings (SSSR count). The van der Waals surface area contributed by atoms with Gasteiger partial charge in [-0.25, -0.2) is 4.79 Å². The quantitative estimate of drug-likeness (QED) is 0.165. The Labute approximate surface area is 248 Å². The Bertz CT molecular complexity index is 1520. The Hall–Kier alpha value is -5.32. The van der Waals surface area contributed by atoms with Crippen LogP contribution in [0.5, 0.6) is 5.75 Å². The van der Waals surface area contributed by atoms with Crippen LogP contribution in [0.1, 0.15) is 31.9 Å². The Balaban J connectivity index is 1.60. The molecule has 1 heterocycles. The molecule has 43 heavy (non-hydrogen) atoms. The molecule has 0 bridgehead atoms. The lowest BCUT2D eigenvalue weighted by Crippen LogP contribution is -2.56. The van der Waals surface area contributed by atoms with Crippen LogP contribution < -0.4 is 10.1 Å². The summed E-state index contributed by atoms with van der Waals surface area (Å²) in [5.41, 5.74) is 1.60. The Kier molecular flexibility index (Phi) is 9.66. The third-order valence-corrected chi connectivity index (χ3v) is 6.91. The lowest BCUT2D eigenvalue weighted by Gasteiger charge is -2.40. The third-order valence-electron chi connectivity index (χ3n) is 6.91. The fraction of sp³-hybridized carbons (Fsp3) is 0.250. The van der Waals surface area contributed by atoms with E-state index in [1.165, 1.54) is 41.0 Å². The minimum atomic E-state index is -1.14. The van der Waals surface area contributed by atoms with Gasteiger partial charge in [0.1, 0.15) is 24.4 Å². The molecular weight excluding hydrogens is 552 g/mol. The highest BCUT2D eigenvalue weighted by molar-refractivity contribution is 6.00. The third kappa shape index (κ3) is 7.50. The average Bonchev–Trinajstić information content (AvgIpc) is 2.98. The second kappa shape index (κ2) is 13.6. The summed E-state index contributed by atoms with van der Waals surface area (Å²) in [6, 6.07) is 21.0. The van der Waals surface area contributed by atoms with E-state index in [2.05, 4.69) is 5.32 Å². The number of hydrogen-bond acceptors (Lipinski definition) is 7. The number of carbonyl (C=O) groups excluding carboxylic acids is 4. The summed E-state index contributed by atoms with van der Waals surface area (Å²) in [6.07, 6.45) is 1.68. The van der Waals surface area contributed by atoms with Gasteiger partial charge in [-0.2, -0.15) is 0 Å². The molecule has 3 aromatic carbocycles. The van der Waals surface area contributed by atoms with E-state index in [9.17, 15) is 29.3 Å². The van der Waals surface area contributed by atoms with Crippen molar-refractivity contribution >= 4 is 35.1 Å². The zero-order chi connectivity index (χ0) is 31.1. The molecule has 0 radical (unpaired) electrons. The van der Waals surface area contributed by atoms with Crippen LogP contribution in [-0.4, -0.2) is 57.0 Å². The van der Waals surface area contributed by atoms with Crippen LogP contribution >= 0.6 is 0 Å². The first-order chi connectivity index (χ1) is 20.5. The topological polar surface area (TPSA) is 139 Å². The van der Waals surface area contributed by atoms with Gasteiger partial charge >= 0.3 is 5.97 Å². The molecule has 1 unspecified atom stereocenters. The fourth-order valence-electron chi connectivity index (χ4n) is 4.82. The predicted molar refractivity (Wildman–Crippen MR) is 158 cm³/mol. The zero-order valence-corrected chi connectivity index (χ0v) is 24.0. The molecule has 0 fully saturated rings. The van der Waals surface area contributed by atoms with Crippen LogP contribution in [0.3, 0.4) is 0 Å². The molecule has 2 atom stereocenters. The second-order valence-electron chi connectivity index (χ2n) is 10.4. The Morgan fingerprint density at radius 3 is 2.12 bits per heavy atom. The van der Waals surface area contributed by atoms with Crippen LogP contribution in [-0.2, 0) is 25.6 Å². The van der Waals surface area contributed by atoms with Crippen LogP contribution in [0.4, 0.5) is 5.69 Å². The van der Waals surface area contributed by atoms with E-state index >= 15 is 0 Å². The molecule has 0 saturated heterocycles. The van der Waals surface area contributed by atoms with Crippen molar-refractivity contribution in [1.29, 1.82) is 0 Å². The van der Waals surface area contributed by atoms with Gasteiger partial charge in [-0.05, 0) is 29.2 Å². The number of nitro groups is 1. The van der Waals surface area contributed by atoms with Gasteiger partial charge < -0.3 is 15.0 Å². The summed E-state index contributed by atoms with van der Waals surface area (Å²) >= 11 is 0. The molecule has 1 aliphatic heterocycles. The summed E-state index contributed by atoms with van der Waals surface area (Å²) in [4.78, 5) is 66.2. The predicted octanol–water partition coefficient (Wildman–Crippen LogP) is 3.94. The summed E-state index contributed by atoms with van der Waals surface area (Å²) in [5, 5.41) is 13.7. The van der Waals surface area contributed by atoms with E-state index in [4.69, 9.17) is 4.74 Å². The van der Waals surface area contributed by atoms with Crippen LogP contribution in [0, 0.1) is 16.0 Å². The van der Waals surface area contributed by atoms with E-state index in [1.54, 1.807) is 54.7 Å². The van der Waals surface area contributed by atoms with Gasteiger partial charge in [0.25, 0.3) is 11.6 Å². The van der Waals surface area contributed by atoms with Crippen molar-refractivity contribution in [2.75, 3.05) is 6.54 Å². The highest BCUT2D eigenvalue weighted by atomic mass is 16.6. The highest BCUT2D eigenvalue weighted by Crippen LogP contribution is 2.30. The van der Waals surface area contributed by atoms with Gasteiger partial charge in [0.2, 0.25) is 11.8 Å². The van der Waals surface area contributed by atoms with E-state index in [-0.39, 0.29) is 29.7 Å². The smallest absolute Gasteiger partial charge is 0.334 e. The van der Waals surface area contributed by atoms with Crippen molar-refractivity contribution in [3.8, 4) is 5.75 Å². The molecule has 11 nitrogen and oxygen atoms in total. The molecule has 1 aliphatic rings. The number of rotatable bonds is 10. The van der Waals surface area contributed by atoms with E-state index < -0.39 is 41.3 Å². The summed E-state index contributed by atoms with van der Waals surface area (Å²) in [7, 11) is 0. The van der Waals surface area contributed by atoms with Gasteiger partial charge in [-0.1, -0.05) is 74.5 Å². The maximum absolute atomic E-state index is 13.8. The molecule has 0 aliphatic carbocycles. The van der Waals surface area contributed by atoms with Crippen molar-refractivity contribution < 1.29 is 28.8 Å². The minimum Gasteiger partial charge on any atom is -0.425 e. The van der Waals surface area contributed by atoms with E-state index in [0.717, 1.165) is 5.56 Å². The number of non-ortho nitro benzene ring substituents is 1. The molecule has 1 N–H and O–H groups in total. The van der Waals surface area contributed by atoms with Crippen LogP contribution in [0.15, 0.2) is 91.1 Å². The Morgan fingerprint density at radius 1 is 0.953 bits per heavy atom. The SMILES string of the molecule is CC(=O)N1C=C(c2ccccc2)N(CC(=O)N[C@@H](Cc2ccccc2)C(=O)Oc2ccc([N+](=O)[O-])cc2)C(=O)C1C(C)C. The summed E-state index contributed by atoms with van der Waals surface area (Å²) < 4.78 is 5.46. The minimum absolute atomic E-state index is 0.0764. The number of amides is 3. The van der Waals surface area contributed by atoms with Crippen molar-refractivity contribution in [3.05, 3.63) is 112 Å². The molecule has 3 amide bonds. The number of benzene rings is 3. The summed E-state index contributed by atoms with van der Waals surface area (Å²) in [5.74, 6) is -2.28. The number of esters is 1. The largest absolute Gasteiger partial charge is 0.425 e. The monoisotopic (exact) mass is 584 g/mol. The standard InChI is InChI=1S/C32H32N4O7/c1-21(2)30-31(39)35(28(19-34(30)22(3)37)24-12-8-5-9-13-24)20-29(38)33-27(18-23-10-6-4-7-11-23)32(40)43-26-16-14-25(15-17-26)36(41)42/h4-17,19,21,27,30H,18,20H2,1-3H3,(H,33,38)/t27-,30?/m0/s1. The van der Waals surface area contributed by atoms with Crippen LogP contribution in [0.25, 0.3) is 5.70 Å². The summed E-state index contributed by atoms with van der Waals surface area (Å²) in [6.45, 7) is 4.61. The number of hydrogen-bond donors (Lipinski definition) is 1. The number of nitro benzene ring substituents is 1. The maximum atomic E-state index is 13.8. The van der Waals surface area contributed by atoms with Crippen molar-refractivity contribution in [3.63, 3.8) is 0 Å². The molecule has 11 heteroatoms. The van der Waals surface area contributed by atoms with Gasteiger partial charge in [0.05, 0.1) is 10.6 Å². The fourth-order valence-corrected chi connectivity index (χ4v) is 4.82. The molecule has 3 aromatic rings. The van der Waals surface area contributed by atoms with Gasteiger partial charge in [0, 0.05) is 31.7 Å². The zero-order valence-electron chi connectivity index (χ0n) is 24.0. The first kappa shape index (κ1) is 30.6. The van der Waals surface area contributed by atoms with Crippen LogP contribution in [0.2, 0.25) is 0 Å². The highest BCUT2D eigenvalue weighted by Gasteiger charge is 2.40. The second-order valence-corrected chi connectivity index (χ2v) is 10.4. The average molecular weight is 585 g/mol. The first-order valence-corrected chi connectivity index (χ1v) is 13.7. The number of ether oxygens (including phenoxy) is 1. The normalized spacial score (nSPS) is 15.5. The van der Waals surface area contributed by atoms with Gasteiger partial charge in [-0.15, -0.1) is 0 Å². The number of nitrogens with one attached hydrogen (secondary N) is 1. The van der Waals surface area contributed by atoms with Crippen molar-refractivity contribution in [2.45, 2.75) is 39.3 Å². The lowest BCUT2D eigenvalue weighted by atomic mass is 9.97. The van der Waals surface area contributed by atoms with Crippen molar-refractivity contribution in [1.82, 2.24) is 15.1 Å².